The lowest BCUT2D eigenvalue weighted by Gasteiger charge is -2.17. The molecular weight excluding hydrogens is 340 g/mol. The van der Waals surface area contributed by atoms with Gasteiger partial charge in [-0.3, -0.25) is 4.79 Å². The highest BCUT2D eigenvalue weighted by atomic mass is 19.1. The van der Waals surface area contributed by atoms with Gasteiger partial charge < -0.3 is 15.5 Å². The zero-order chi connectivity index (χ0) is 18.5. The Bertz CT molecular complexity index is 778. The van der Waals surface area contributed by atoms with Crippen molar-refractivity contribution in [2.75, 3.05) is 18.4 Å². The molecule has 0 radical (unpaired) electrons. The number of amides is 3. The monoisotopic (exact) mass is 359 g/mol. The predicted octanol–water partition coefficient (Wildman–Crippen LogP) is 3.14. The van der Waals surface area contributed by atoms with Crippen LogP contribution in [0.15, 0.2) is 48.5 Å². The van der Waals surface area contributed by atoms with E-state index in [0.29, 0.717) is 31.7 Å². The molecule has 1 heterocycles. The van der Waals surface area contributed by atoms with Gasteiger partial charge in [-0.1, -0.05) is 12.1 Å². The number of carbonyl (C=O) groups is 2. The van der Waals surface area contributed by atoms with Gasteiger partial charge >= 0.3 is 6.03 Å². The number of carbonyl (C=O) groups excluding carboxylic acids is 2. The summed E-state index contributed by atoms with van der Waals surface area (Å²) in [5.74, 6) is -0.653. The average molecular weight is 359 g/mol. The van der Waals surface area contributed by atoms with Gasteiger partial charge in [-0.2, -0.15) is 0 Å². The zero-order valence-electron chi connectivity index (χ0n) is 14.0. The van der Waals surface area contributed by atoms with Crippen LogP contribution in [-0.2, 0) is 11.3 Å². The highest BCUT2D eigenvalue weighted by molar-refractivity contribution is 5.89. The molecule has 2 aromatic rings. The second kappa shape index (κ2) is 7.95. The maximum Gasteiger partial charge on any atom is 0.319 e. The van der Waals surface area contributed by atoms with Gasteiger partial charge in [0.2, 0.25) is 5.91 Å². The molecule has 1 aliphatic rings. The summed E-state index contributed by atoms with van der Waals surface area (Å²) in [5, 5.41) is 5.34. The Morgan fingerprint density at radius 1 is 1.04 bits per heavy atom. The van der Waals surface area contributed by atoms with Crippen molar-refractivity contribution in [3.63, 3.8) is 0 Å². The summed E-state index contributed by atoms with van der Waals surface area (Å²) >= 11 is 0. The molecule has 2 N–H and O–H groups in total. The third kappa shape index (κ3) is 4.78. The highest BCUT2D eigenvalue weighted by Gasteiger charge is 2.29. The van der Waals surface area contributed by atoms with Crippen LogP contribution in [0.25, 0.3) is 0 Å². The number of nitrogens with one attached hydrogen (secondary N) is 2. The lowest BCUT2D eigenvalue weighted by Crippen LogP contribution is -2.34. The fourth-order valence-corrected chi connectivity index (χ4v) is 2.90. The average Bonchev–Trinajstić information content (AvgIpc) is 2.97. The van der Waals surface area contributed by atoms with Crippen molar-refractivity contribution in [2.45, 2.75) is 13.0 Å². The van der Waals surface area contributed by atoms with Crippen LogP contribution < -0.4 is 10.6 Å². The Morgan fingerprint density at radius 2 is 1.65 bits per heavy atom. The van der Waals surface area contributed by atoms with Crippen molar-refractivity contribution in [3.05, 3.63) is 65.7 Å². The first-order chi connectivity index (χ1) is 12.5. The SMILES string of the molecule is O=C(NC[C@H]1CC(=O)N(Cc2ccc(F)cc2)C1)Nc1ccc(F)cc1. The molecule has 0 aromatic heterocycles. The summed E-state index contributed by atoms with van der Waals surface area (Å²) in [6.45, 7) is 1.32. The van der Waals surface area contributed by atoms with Crippen molar-refractivity contribution < 1.29 is 18.4 Å². The maximum atomic E-state index is 12.9. The van der Waals surface area contributed by atoms with Crippen molar-refractivity contribution >= 4 is 17.6 Å². The van der Waals surface area contributed by atoms with E-state index in [1.165, 1.54) is 36.4 Å². The summed E-state index contributed by atoms with van der Waals surface area (Å²) in [7, 11) is 0. The van der Waals surface area contributed by atoms with Gasteiger partial charge in [-0.25, -0.2) is 13.6 Å². The minimum Gasteiger partial charge on any atom is -0.338 e. The minimum absolute atomic E-state index is 0.0140. The molecule has 3 rings (SSSR count). The topological polar surface area (TPSA) is 61.4 Å². The van der Waals surface area contributed by atoms with E-state index in [9.17, 15) is 18.4 Å². The summed E-state index contributed by atoms with van der Waals surface area (Å²) in [4.78, 5) is 25.7. The second-order valence-corrected chi connectivity index (χ2v) is 6.31. The largest absolute Gasteiger partial charge is 0.338 e. The molecule has 7 heteroatoms. The summed E-state index contributed by atoms with van der Waals surface area (Å²) in [6, 6.07) is 11.1. The van der Waals surface area contributed by atoms with Gasteiger partial charge in [-0.05, 0) is 42.0 Å². The third-order valence-electron chi connectivity index (χ3n) is 4.23. The molecule has 1 aliphatic heterocycles. The van der Waals surface area contributed by atoms with Crippen LogP contribution in [0.4, 0.5) is 19.3 Å². The van der Waals surface area contributed by atoms with Crippen LogP contribution in [-0.4, -0.2) is 29.9 Å². The van der Waals surface area contributed by atoms with Crippen molar-refractivity contribution in [1.29, 1.82) is 0 Å². The number of rotatable bonds is 5. The number of hydrogen-bond acceptors (Lipinski definition) is 2. The smallest absolute Gasteiger partial charge is 0.319 e. The molecule has 2 aromatic carbocycles. The van der Waals surface area contributed by atoms with Crippen molar-refractivity contribution in [2.24, 2.45) is 5.92 Å². The standard InChI is InChI=1S/C19H19F2N3O2/c20-15-3-1-13(2-4-15)11-24-12-14(9-18(24)25)10-22-19(26)23-17-7-5-16(21)6-8-17/h1-8,14H,9-12H2,(H2,22,23,26)/t14-/m1/s1. The van der Waals surface area contributed by atoms with Gasteiger partial charge in [0, 0.05) is 37.7 Å². The lowest BCUT2D eigenvalue weighted by molar-refractivity contribution is -0.128. The van der Waals surface area contributed by atoms with E-state index in [1.807, 2.05) is 0 Å². The van der Waals surface area contributed by atoms with Gasteiger partial charge in [0.1, 0.15) is 11.6 Å². The molecule has 0 unspecified atom stereocenters. The van der Waals surface area contributed by atoms with Gasteiger partial charge in [0.15, 0.2) is 0 Å². The molecule has 3 amide bonds. The second-order valence-electron chi connectivity index (χ2n) is 6.31. The van der Waals surface area contributed by atoms with Crippen LogP contribution >= 0.6 is 0 Å². The molecule has 26 heavy (non-hydrogen) atoms. The molecule has 0 aliphatic carbocycles. The first kappa shape index (κ1) is 17.8. The van der Waals surface area contributed by atoms with Crippen LogP contribution in [0.5, 0.6) is 0 Å². The number of benzene rings is 2. The molecule has 0 spiro atoms. The molecule has 5 nitrogen and oxygen atoms in total. The quantitative estimate of drug-likeness (QED) is 0.862. The Morgan fingerprint density at radius 3 is 2.31 bits per heavy atom. The predicted molar refractivity (Wildman–Crippen MR) is 93.3 cm³/mol. The minimum atomic E-state index is -0.402. The Labute approximate surface area is 150 Å². The van der Waals surface area contributed by atoms with Crippen LogP contribution in [0.2, 0.25) is 0 Å². The number of anilines is 1. The van der Waals surface area contributed by atoms with Gasteiger partial charge in [-0.15, -0.1) is 0 Å². The first-order valence-electron chi connectivity index (χ1n) is 8.32. The molecule has 1 atom stereocenters. The number of halogens is 2. The molecular formula is C19H19F2N3O2. The van der Waals surface area contributed by atoms with E-state index in [1.54, 1.807) is 17.0 Å². The number of likely N-dealkylation sites (tertiary alicyclic amines) is 1. The fraction of sp³-hybridized carbons (Fsp3) is 0.263. The normalized spacial score (nSPS) is 16.6. The zero-order valence-corrected chi connectivity index (χ0v) is 14.0. The van der Waals surface area contributed by atoms with E-state index in [4.69, 9.17) is 0 Å². The lowest BCUT2D eigenvalue weighted by atomic mass is 10.1. The Balaban J connectivity index is 1.45. The summed E-state index contributed by atoms with van der Waals surface area (Å²) in [6.07, 6.45) is 0.359. The Hall–Kier alpha value is -2.96. The number of urea groups is 1. The van der Waals surface area contributed by atoms with E-state index >= 15 is 0 Å². The molecule has 1 fully saturated rings. The third-order valence-corrected chi connectivity index (χ3v) is 4.23. The van der Waals surface area contributed by atoms with E-state index < -0.39 is 6.03 Å². The molecule has 0 bridgehead atoms. The van der Waals surface area contributed by atoms with E-state index in [2.05, 4.69) is 10.6 Å². The maximum absolute atomic E-state index is 12.9. The molecule has 136 valence electrons. The highest BCUT2D eigenvalue weighted by Crippen LogP contribution is 2.20. The summed E-state index contributed by atoms with van der Waals surface area (Å²) in [5.41, 5.74) is 1.35. The van der Waals surface area contributed by atoms with Gasteiger partial charge in [0.05, 0.1) is 0 Å². The molecule has 0 saturated carbocycles. The Kier molecular flexibility index (Phi) is 5.46. The number of nitrogens with zero attached hydrogens (tertiary/aromatic N) is 1. The van der Waals surface area contributed by atoms with Gasteiger partial charge in [0.25, 0.3) is 0 Å². The van der Waals surface area contributed by atoms with Crippen LogP contribution in [0.3, 0.4) is 0 Å². The van der Waals surface area contributed by atoms with E-state index in [0.717, 1.165) is 5.56 Å². The number of hydrogen-bond donors (Lipinski definition) is 2. The first-order valence-corrected chi connectivity index (χ1v) is 8.32. The van der Waals surface area contributed by atoms with Crippen molar-refractivity contribution in [1.82, 2.24) is 10.2 Å². The molecule has 1 saturated heterocycles. The van der Waals surface area contributed by atoms with E-state index in [-0.39, 0.29) is 23.5 Å². The van der Waals surface area contributed by atoms with Crippen LogP contribution in [0.1, 0.15) is 12.0 Å². The summed E-state index contributed by atoms with van der Waals surface area (Å²) < 4.78 is 25.8. The van der Waals surface area contributed by atoms with Crippen LogP contribution in [0, 0.1) is 17.6 Å². The van der Waals surface area contributed by atoms with Crippen molar-refractivity contribution in [3.8, 4) is 0 Å². The fourth-order valence-electron chi connectivity index (χ4n) is 2.90.